The summed E-state index contributed by atoms with van der Waals surface area (Å²) in [6.45, 7) is 0.712. The van der Waals surface area contributed by atoms with Crippen molar-refractivity contribution < 1.29 is 9.72 Å². The van der Waals surface area contributed by atoms with Gasteiger partial charge in [-0.05, 0) is 6.07 Å². The molecule has 0 aromatic heterocycles. The van der Waals surface area contributed by atoms with E-state index in [1.165, 1.54) is 23.1 Å². The maximum absolute atomic E-state index is 11.9. The standard InChI is InChI=1S/C11H13Cl2N3O3/c12-4-6-15(7-5-13)11(17)14-9-2-1-3-10(8-9)16(18)19/h1-3,8H,4-7H2,(H,14,17). The van der Waals surface area contributed by atoms with E-state index in [2.05, 4.69) is 5.32 Å². The molecule has 1 aromatic carbocycles. The molecule has 0 bridgehead atoms. The molecular weight excluding hydrogens is 293 g/mol. The number of non-ortho nitro benzene ring substituents is 1. The molecule has 1 aromatic rings. The average Bonchev–Trinajstić information content (AvgIpc) is 2.38. The van der Waals surface area contributed by atoms with Crippen molar-refractivity contribution in [3.8, 4) is 0 Å². The van der Waals surface area contributed by atoms with E-state index in [9.17, 15) is 14.9 Å². The third kappa shape index (κ3) is 4.92. The number of nitro benzene ring substituents is 1. The summed E-state index contributed by atoms with van der Waals surface area (Å²) in [7, 11) is 0. The summed E-state index contributed by atoms with van der Waals surface area (Å²) in [6.07, 6.45) is 0. The Morgan fingerprint density at radius 1 is 1.32 bits per heavy atom. The van der Waals surface area contributed by atoms with Crippen molar-refractivity contribution in [2.24, 2.45) is 0 Å². The van der Waals surface area contributed by atoms with Gasteiger partial charge in [0.05, 0.1) is 4.92 Å². The first kappa shape index (κ1) is 15.5. The summed E-state index contributed by atoms with van der Waals surface area (Å²) in [5.74, 6) is 0.582. The first-order valence-corrected chi connectivity index (χ1v) is 6.57. The number of rotatable bonds is 6. The molecule has 0 unspecified atom stereocenters. The Labute approximate surface area is 120 Å². The van der Waals surface area contributed by atoms with E-state index < -0.39 is 4.92 Å². The van der Waals surface area contributed by atoms with E-state index >= 15 is 0 Å². The van der Waals surface area contributed by atoms with Crippen molar-refractivity contribution in [1.82, 2.24) is 4.90 Å². The number of carbonyl (C=O) groups excluding carboxylic acids is 1. The monoisotopic (exact) mass is 305 g/mol. The van der Waals surface area contributed by atoms with Crippen LogP contribution in [0.2, 0.25) is 0 Å². The summed E-state index contributed by atoms with van der Waals surface area (Å²) < 4.78 is 0. The number of anilines is 1. The molecule has 0 aliphatic rings. The Bertz CT molecular complexity index is 451. The van der Waals surface area contributed by atoms with Gasteiger partial charge in [-0.1, -0.05) is 6.07 Å². The molecule has 8 heteroatoms. The zero-order valence-corrected chi connectivity index (χ0v) is 11.5. The maximum atomic E-state index is 11.9. The largest absolute Gasteiger partial charge is 0.322 e. The van der Waals surface area contributed by atoms with Gasteiger partial charge < -0.3 is 10.2 Å². The zero-order valence-electron chi connectivity index (χ0n) is 10.0. The molecule has 0 radical (unpaired) electrons. The normalized spacial score (nSPS) is 10.0. The number of hydrogen-bond donors (Lipinski definition) is 1. The van der Waals surface area contributed by atoms with Crippen molar-refractivity contribution in [3.05, 3.63) is 34.4 Å². The predicted molar refractivity (Wildman–Crippen MR) is 75.1 cm³/mol. The number of nitro groups is 1. The Hall–Kier alpha value is -1.53. The van der Waals surface area contributed by atoms with Crippen molar-refractivity contribution in [1.29, 1.82) is 0 Å². The Kier molecular flexibility index (Phi) is 6.38. The molecule has 1 N–H and O–H groups in total. The Balaban J connectivity index is 2.74. The van der Waals surface area contributed by atoms with E-state index in [0.717, 1.165) is 0 Å². The molecule has 0 atom stereocenters. The number of nitrogens with zero attached hydrogens (tertiary/aromatic N) is 2. The topological polar surface area (TPSA) is 75.5 Å². The molecule has 0 aliphatic heterocycles. The van der Waals surface area contributed by atoms with Gasteiger partial charge in [-0.15, -0.1) is 23.2 Å². The van der Waals surface area contributed by atoms with Crippen LogP contribution in [0.1, 0.15) is 0 Å². The second-order valence-corrected chi connectivity index (χ2v) is 4.36. The lowest BCUT2D eigenvalue weighted by atomic mass is 10.3. The van der Waals surface area contributed by atoms with E-state index in [4.69, 9.17) is 23.2 Å². The molecular formula is C11H13Cl2N3O3. The number of nitrogens with one attached hydrogen (secondary N) is 1. The van der Waals surface area contributed by atoms with Crippen molar-refractivity contribution >= 4 is 40.6 Å². The maximum Gasteiger partial charge on any atom is 0.321 e. The third-order valence-corrected chi connectivity index (χ3v) is 2.64. The molecule has 0 fully saturated rings. The first-order valence-electron chi connectivity index (χ1n) is 5.50. The highest BCUT2D eigenvalue weighted by Crippen LogP contribution is 2.17. The number of benzene rings is 1. The minimum atomic E-state index is -0.523. The van der Waals surface area contributed by atoms with E-state index in [-0.39, 0.29) is 11.7 Å². The lowest BCUT2D eigenvalue weighted by Gasteiger charge is -2.20. The summed E-state index contributed by atoms with van der Waals surface area (Å²) in [5.41, 5.74) is 0.271. The molecule has 0 saturated heterocycles. The zero-order chi connectivity index (χ0) is 14.3. The lowest BCUT2D eigenvalue weighted by molar-refractivity contribution is -0.384. The van der Waals surface area contributed by atoms with Gasteiger partial charge in [0.1, 0.15) is 0 Å². The van der Waals surface area contributed by atoms with Gasteiger partial charge >= 0.3 is 6.03 Å². The number of amides is 2. The summed E-state index contributed by atoms with van der Waals surface area (Å²) in [5, 5.41) is 13.2. The molecule has 0 saturated carbocycles. The Morgan fingerprint density at radius 2 is 1.95 bits per heavy atom. The van der Waals surface area contributed by atoms with Crippen LogP contribution in [0, 0.1) is 10.1 Å². The smallest absolute Gasteiger partial charge is 0.321 e. The highest BCUT2D eigenvalue weighted by Gasteiger charge is 2.13. The van der Waals surface area contributed by atoms with Crippen molar-refractivity contribution in [2.45, 2.75) is 0 Å². The van der Waals surface area contributed by atoms with Crippen molar-refractivity contribution in [2.75, 3.05) is 30.2 Å². The van der Waals surface area contributed by atoms with Crippen LogP contribution in [0.5, 0.6) is 0 Å². The summed E-state index contributed by atoms with van der Waals surface area (Å²) in [6, 6.07) is 5.33. The van der Waals surface area contributed by atoms with E-state index in [1.54, 1.807) is 6.07 Å². The number of urea groups is 1. The van der Waals surface area contributed by atoms with Crippen LogP contribution >= 0.6 is 23.2 Å². The van der Waals surface area contributed by atoms with Crippen LogP contribution in [0.15, 0.2) is 24.3 Å². The molecule has 0 heterocycles. The molecule has 19 heavy (non-hydrogen) atoms. The van der Waals surface area contributed by atoms with Crippen LogP contribution in [0.3, 0.4) is 0 Å². The van der Waals surface area contributed by atoms with Gasteiger partial charge in [-0.25, -0.2) is 4.79 Å². The quantitative estimate of drug-likeness (QED) is 0.499. The van der Waals surface area contributed by atoms with Crippen LogP contribution < -0.4 is 5.32 Å². The molecule has 1 rings (SSSR count). The van der Waals surface area contributed by atoms with E-state index in [0.29, 0.717) is 30.5 Å². The van der Waals surface area contributed by atoms with Crippen LogP contribution in [-0.2, 0) is 0 Å². The third-order valence-electron chi connectivity index (χ3n) is 2.30. The number of carbonyl (C=O) groups is 1. The minimum absolute atomic E-state index is 0.0842. The van der Waals surface area contributed by atoms with Gasteiger partial charge in [-0.2, -0.15) is 0 Å². The molecule has 2 amide bonds. The van der Waals surface area contributed by atoms with Gasteiger partial charge in [0.25, 0.3) is 5.69 Å². The van der Waals surface area contributed by atoms with Gasteiger partial charge in [0, 0.05) is 42.7 Å². The highest BCUT2D eigenvalue weighted by atomic mass is 35.5. The van der Waals surface area contributed by atoms with Crippen LogP contribution in [-0.4, -0.2) is 40.7 Å². The summed E-state index contributed by atoms with van der Waals surface area (Å²) >= 11 is 11.2. The SMILES string of the molecule is O=C(Nc1cccc([N+](=O)[O-])c1)N(CCCl)CCCl. The molecule has 6 nitrogen and oxygen atoms in total. The fraction of sp³-hybridized carbons (Fsp3) is 0.364. The highest BCUT2D eigenvalue weighted by molar-refractivity contribution is 6.18. The molecule has 0 spiro atoms. The first-order chi connectivity index (χ1) is 9.08. The lowest BCUT2D eigenvalue weighted by Crippen LogP contribution is -2.37. The van der Waals surface area contributed by atoms with Crippen LogP contribution in [0.25, 0.3) is 0 Å². The average molecular weight is 306 g/mol. The minimum Gasteiger partial charge on any atom is -0.322 e. The fourth-order valence-corrected chi connectivity index (χ4v) is 1.83. The van der Waals surface area contributed by atoms with Crippen LogP contribution in [0.4, 0.5) is 16.2 Å². The summed E-state index contributed by atoms with van der Waals surface area (Å²) in [4.78, 5) is 23.4. The second kappa shape index (κ2) is 7.81. The van der Waals surface area contributed by atoms with Gasteiger partial charge in [0.2, 0.25) is 0 Å². The van der Waals surface area contributed by atoms with Crippen molar-refractivity contribution in [3.63, 3.8) is 0 Å². The molecule has 0 aliphatic carbocycles. The Morgan fingerprint density at radius 3 is 2.47 bits per heavy atom. The predicted octanol–water partition coefficient (Wildman–Crippen LogP) is 2.91. The molecule has 104 valence electrons. The van der Waals surface area contributed by atoms with Gasteiger partial charge in [-0.3, -0.25) is 10.1 Å². The fourth-order valence-electron chi connectivity index (χ4n) is 1.42. The van der Waals surface area contributed by atoms with E-state index in [1.807, 2.05) is 0 Å². The number of alkyl halides is 2. The number of halogens is 2. The second-order valence-electron chi connectivity index (χ2n) is 3.60. The van der Waals surface area contributed by atoms with Gasteiger partial charge in [0.15, 0.2) is 0 Å². The number of hydrogen-bond acceptors (Lipinski definition) is 3.